The Bertz CT molecular complexity index is 503. The van der Waals surface area contributed by atoms with Gasteiger partial charge >= 0.3 is 5.97 Å². The molecule has 0 bridgehead atoms. The maximum absolute atomic E-state index is 11.9. The predicted molar refractivity (Wildman–Crippen MR) is 74.6 cm³/mol. The van der Waals surface area contributed by atoms with Crippen molar-refractivity contribution in [2.45, 2.75) is 25.4 Å². The van der Waals surface area contributed by atoms with Gasteiger partial charge in [-0.25, -0.2) is 4.79 Å². The summed E-state index contributed by atoms with van der Waals surface area (Å²) in [5.41, 5.74) is 0.405. The van der Waals surface area contributed by atoms with Gasteiger partial charge in [0.15, 0.2) is 0 Å². The van der Waals surface area contributed by atoms with E-state index in [0.29, 0.717) is 5.56 Å². The molecule has 0 heterocycles. The Hall–Kier alpha value is -2.41. The van der Waals surface area contributed by atoms with Gasteiger partial charge in [0.25, 0.3) is 5.91 Å². The fourth-order valence-corrected chi connectivity index (χ4v) is 1.62. The molecular weight excluding hydrogens is 276 g/mol. The number of nitrogens with one attached hydrogen (secondary N) is 2. The van der Waals surface area contributed by atoms with E-state index < -0.39 is 29.9 Å². The average molecular weight is 294 g/mol. The molecule has 1 aromatic carbocycles. The maximum Gasteiger partial charge on any atom is 0.326 e. The van der Waals surface area contributed by atoms with E-state index >= 15 is 0 Å². The minimum absolute atomic E-state index is 0.0968. The summed E-state index contributed by atoms with van der Waals surface area (Å²) in [5, 5.41) is 22.4. The summed E-state index contributed by atoms with van der Waals surface area (Å²) in [4.78, 5) is 34.6. The Morgan fingerprint density at radius 2 is 1.76 bits per heavy atom. The van der Waals surface area contributed by atoms with Crippen LogP contribution in [-0.2, 0) is 9.59 Å². The van der Waals surface area contributed by atoms with Gasteiger partial charge < -0.3 is 20.8 Å². The number of benzene rings is 1. The SMILES string of the molecule is CC(NC(=O)c1ccccc1)C(=O)N[C@H](CCO)C(=O)O. The number of aliphatic hydroxyl groups is 1. The van der Waals surface area contributed by atoms with Gasteiger partial charge in [-0.05, 0) is 19.1 Å². The Labute approximate surface area is 122 Å². The first-order valence-corrected chi connectivity index (χ1v) is 6.45. The number of carbonyl (C=O) groups excluding carboxylic acids is 2. The summed E-state index contributed by atoms with van der Waals surface area (Å²) in [7, 11) is 0. The van der Waals surface area contributed by atoms with E-state index in [9.17, 15) is 14.4 Å². The van der Waals surface area contributed by atoms with Crippen LogP contribution in [0.1, 0.15) is 23.7 Å². The molecule has 0 fully saturated rings. The van der Waals surface area contributed by atoms with Crippen LogP contribution in [0.15, 0.2) is 30.3 Å². The van der Waals surface area contributed by atoms with Crippen LogP contribution in [0.25, 0.3) is 0 Å². The first-order chi connectivity index (χ1) is 9.95. The second-order valence-electron chi connectivity index (χ2n) is 4.47. The van der Waals surface area contributed by atoms with Crippen LogP contribution in [-0.4, -0.2) is 46.7 Å². The smallest absolute Gasteiger partial charge is 0.326 e. The fraction of sp³-hybridized carbons (Fsp3) is 0.357. The molecular formula is C14H18N2O5. The zero-order valence-corrected chi connectivity index (χ0v) is 11.6. The van der Waals surface area contributed by atoms with Gasteiger partial charge in [0.1, 0.15) is 12.1 Å². The normalized spacial score (nSPS) is 13.0. The van der Waals surface area contributed by atoms with Gasteiger partial charge in [0.2, 0.25) is 5.91 Å². The first-order valence-electron chi connectivity index (χ1n) is 6.45. The van der Waals surface area contributed by atoms with E-state index in [1.165, 1.54) is 6.92 Å². The lowest BCUT2D eigenvalue weighted by atomic mass is 10.1. The lowest BCUT2D eigenvalue weighted by molar-refractivity contribution is -0.142. The Morgan fingerprint density at radius 1 is 1.14 bits per heavy atom. The Kier molecular flexibility index (Phi) is 6.35. The molecule has 0 aliphatic carbocycles. The third kappa shape index (κ3) is 5.23. The van der Waals surface area contributed by atoms with Crippen molar-refractivity contribution in [3.05, 3.63) is 35.9 Å². The highest BCUT2D eigenvalue weighted by Gasteiger charge is 2.23. The average Bonchev–Trinajstić information content (AvgIpc) is 2.47. The number of carboxylic acid groups (broad SMARTS) is 1. The molecule has 0 aromatic heterocycles. The van der Waals surface area contributed by atoms with Crippen molar-refractivity contribution in [2.75, 3.05) is 6.61 Å². The molecule has 0 aliphatic heterocycles. The van der Waals surface area contributed by atoms with Crippen LogP contribution in [0, 0.1) is 0 Å². The summed E-state index contributed by atoms with van der Waals surface area (Å²) < 4.78 is 0. The lowest BCUT2D eigenvalue weighted by Crippen LogP contribution is -2.50. The number of aliphatic carboxylic acids is 1. The molecule has 0 aliphatic rings. The molecule has 1 rings (SSSR count). The Morgan fingerprint density at radius 3 is 2.29 bits per heavy atom. The standard InChI is InChI=1S/C14H18N2O5/c1-9(12(18)16-11(7-8-17)14(20)21)15-13(19)10-5-3-2-4-6-10/h2-6,9,11,17H,7-8H2,1H3,(H,15,19)(H,16,18)(H,20,21)/t9?,11-/m1/s1. The summed E-state index contributed by atoms with van der Waals surface area (Å²) in [6, 6.07) is 6.29. The van der Waals surface area contributed by atoms with E-state index in [2.05, 4.69) is 10.6 Å². The van der Waals surface area contributed by atoms with Crippen molar-refractivity contribution >= 4 is 17.8 Å². The third-order valence-electron chi connectivity index (χ3n) is 2.81. The number of carboxylic acids is 1. The monoisotopic (exact) mass is 294 g/mol. The van der Waals surface area contributed by atoms with Crippen LogP contribution in [0.4, 0.5) is 0 Å². The molecule has 1 aromatic rings. The lowest BCUT2D eigenvalue weighted by Gasteiger charge is -2.18. The van der Waals surface area contributed by atoms with Gasteiger partial charge in [0, 0.05) is 18.6 Å². The quantitative estimate of drug-likeness (QED) is 0.554. The first kappa shape index (κ1) is 16.6. The van der Waals surface area contributed by atoms with Crippen molar-refractivity contribution in [3.63, 3.8) is 0 Å². The highest BCUT2D eigenvalue weighted by atomic mass is 16.4. The van der Waals surface area contributed by atoms with Gasteiger partial charge in [-0.2, -0.15) is 0 Å². The number of carbonyl (C=O) groups is 3. The van der Waals surface area contributed by atoms with Crippen LogP contribution in [0.5, 0.6) is 0 Å². The molecule has 4 N–H and O–H groups in total. The molecule has 7 heteroatoms. The minimum atomic E-state index is -1.24. The second-order valence-corrected chi connectivity index (χ2v) is 4.47. The van der Waals surface area contributed by atoms with Crippen LogP contribution >= 0.6 is 0 Å². The van der Waals surface area contributed by atoms with E-state index in [-0.39, 0.29) is 13.0 Å². The summed E-state index contributed by atoms with van der Waals surface area (Å²) in [5.74, 6) is -2.29. The minimum Gasteiger partial charge on any atom is -0.480 e. The molecule has 2 atom stereocenters. The largest absolute Gasteiger partial charge is 0.480 e. The molecule has 0 saturated carbocycles. The van der Waals surface area contributed by atoms with Crippen LogP contribution in [0.2, 0.25) is 0 Å². The molecule has 7 nitrogen and oxygen atoms in total. The van der Waals surface area contributed by atoms with E-state index in [1.807, 2.05) is 0 Å². The van der Waals surface area contributed by atoms with Gasteiger partial charge in [-0.1, -0.05) is 18.2 Å². The number of hydrogen-bond acceptors (Lipinski definition) is 4. The molecule has 1 unspecified atom stereocenters. The molecule has 0 radical (unpaired) electrons. The third-order valence-corrected chi connectivity index (χ3v) is 2.81. The van der Waals surface area contributed by atoms with Gasteiger partial charge in [-0.3, -0.25) is 9.59 Å². The molecule has 21 heavy (non-hydrogen) atoms. The van der Waals surface area contributed by atoms with E-state index in [4.69, 9.17) is 10.2 Å². The van der Waals surface area contributed by atoms with Crippen molar-refractivity contribution in [2.24, 2.45) is 0 Å². The zero-order valence-electron chi connectivity index (χ0n) is 11.6. The fourth-order valence-electron chi connectivity index (χ4n) is 1.62. The Balaban J connectivity index is 2.58. The topological polar surface area (TPSA) is 116 Å². The van der Waals surface area contributed by atoms with Gasteiger partial charge in [0.05, 0.1) is 0 Å². The molecule has 114 valence electrons. The molecule has 0 spiro atoms. The maximum atomic E-state index is 11.9. The van der Waals surface area contributed by atoms with Crippen LogP contribution < -0.4 is 10.6 Å². The highest BCUT2D eigenvalue weighted by molar-refractivity contribution is 5.97. The second kappa shape index (κ2) is 8.01. The summed E-state index contributed by atoms with van der Waals surface area (Å²) in [6.07, 6.45) is -0.0968. The number of amides is 2. The summed E-state index contributed by atoms with van der Waals surface area (Å²) >= 11 is 0. The zero-order chi connectivity index (χ0) is 15.8. The van der Waals surface area contributed by atoms with E-state index in [1.54, 1.807) is 30.3 Å². The highest BCUT2D eigenvalue weighted by Crippen LogP contribution is 1.99. The number of rotatable bonds is 7. The number of hydrogen-bond donors (Lipinski definition) is 4. The van der Waals surface area contributed by atoms with Gasteiger partial charge in [-0.15, -0.1) is 0 Å². The molecule has 0 saturated heterocycles. The van der Waals surface area contributed by atoms with E-state index in [0.717, 1.165) is 0 Å². The molecule has 2 amide bonds. The van der Waals surface area contributed by atoms with Crippen molar-refractivity contribution in [3.8, 4) is 0 Å². The van der Waals surface area contributed by atoms with Crippen molar-refractivity contribution in [1.82, 2.24) is 10.6 Å². The van der Waals surface area contributed by atoms with Crippen molar-refractivity contribution < 1.29 is 24.6 Å². The van der Waals surface area contributed by atoms with Crippen LogP contribution in [0.3, 0.4) is 0 Å². The number of aliphatic hydroxyl groups excluding tert-OH is 1. The van der Waals surface area contributed by atoms with Crippen molar-refractivity contribution in [1.29, 1.82) is 0 Å². The predicted octanol–water partition coefficient (Wildman–Crippen LogP) is -0.243. The summed E-state index contributed by atoms with van der Waals surface area (Å²) in [6.45, 7) is 1.09.